The molecule has 0 aromatic carbocycles. The minimum Gasteiger partial charge on any atom is -0.465 e. The molecular formula is C10H16O3S. The summed E-state index contributed by atoms with van der Waals surface area (Å²) >= 11 is 0. The Balaban J connectivity index is 2.74. The summed E-state index contributed by atoms with van der Waals surface area (Å²) in [5, 5.41) is -0.446. The third-order valence-electron chi connectivity index (χ3n) is 2.45. The largest absolute Gasteiger partial charge is 0.465 e. The van der Waals surface area contributed by atoms with Crippen molar-refractivity contribution in [1.82, 2.24) is 0 Å². The van der Waals surface area contributed by atoms with Gasteiger partial charge in [0, 0.05) is 16.6 Å². The van der Waals surface area contributed by atoms with Crippen molar-refractivity contribution < 1.29 is 13.7 Å². The first-order chi connectivity index (χ1) is 6.56. The Morgan fingerprint density at radius 2 is 2.14 bits per heavy atom. The molecule has 3 nitrogen and oxygen atoms in total. The first-order valence-corrected chi connectivity index (χ1v) is 6.13. The quantitative estimate of drug-likeness (QED) is 0.518. The summed E-state index contributed by atoms with van der Waals surface area (Å²) in [6.45, 7) is 6.07. The predicted octanol–water partition coefficient (Wildman–Crippen LogP) is 1.41. The Bertz CT molecular complexity index is 294. The monoisotopic (exact) mass is 216 g/mol. The van der Waals surface area contributed by atoms with E-state index in [4.69, 9.17) is 4.74 Å². The molecule has 1 rings (SSSR count). The molecule has 2 atom stereocenters. The molecule has 1 aliphatic rings. The fraction of sp³-hybridized carbons (Fsp3) is 0.700. The Morgan fingerprint density at radius 1 is 1.50 bits per heavy atom. The van der Waals surface area contributed by atoms with Gasteiger partial charge < -0.3 is 4.74 Å². The predicted molar refractivity (Wildman–Crippen MR) is 56.4 cm³/mol. The van der Waals surface area contributed by atoms with E-state index in [2.05, 4.69) is 0 Å². The lowest BCUT2D eigenvalue weighted by atomic mass is 10.1. The number of carbonyl (C=O) groups is 1. The van der Waals surface area contributed by atoms with Crippen LogP contribution in [0.15, 0.2) is 11.1 Å². The second-order valence-electron chi connectivity index (χ2n) is 3.53. The normalized spacial score (nSPS) is 27.6. The van der Waals surface area contributed by atoms with Gasteiger partial charge in [-0.3, -0.25) is 9.00 Å². The first kappa shape index (κ1) is 11.4. The van der Waals surface area contributed by atoms with Crippen molar-refractivity contribution in [3.8, 4) is 0 Å². The van der Waals surface area contributed by atoms with E-state index in [1.165, 1.54) is 5.57 Å². The van der Waals surface area contributed by atoms with Crippen molar-refractivity contribution >= 4 is 16.8 Å². The van der Waals surface area contributed by atoms with Gasteiger partial charge in [0.1, 0.15) is 5.25 Å². The molecule has 1 aliphatic heterocycles. The van der Waals surface area contributed by atoms with Crippen LogP contribution in [-0.4, -0.2) is 27.8 Å². The smallest absolute Gasteiger partial charge is 0.322 e. The van der Waals surface area contributed by atoms with Crippen LogP contribution in [-0.2, 0) is 20.3 Å². The molecule has 0 saturated carbocycles. The van der Waals surface area contributed by atoms with Gasteiger partial charge >= 0.3 is 5.97 Å². The number of hydrogen-bond donors (Lipinski definition) is 0. The van der Waals surface area contributed by atoms with Crippen LogP contribution < -0.4 is 0 Å². The molecule has 0 aromatic rings. The van der Waals surface area contributed by atoms with E-state index < -0.39 is 16.0 Å². The lowest BCUT2D eigenvalue weighted by Crippen LogP contribution is -2.33. The molecule has 80 valence electrons. The summed E-state index contributed by atoms with van der Waals surface area (Å²) in [4.78, 5) is 11.4. The van der Waals surface area contributed by atoms with Gasteiger partial charge in [0.15, 0.2) is 0 Å². The van der Waals surface area contributed by atoms with Gasteiger partial charge in [-0.25, -0.2) is 0 Å². The maximum atomic E-state index is 11.6. The van der Waals surface area contributed by atoms with Crippen molar-refractivity contribution in [2.45, 2.75) is 32.4 Å². The van der Waals surface area contributed by atoms with Gasteiger partial charge in [-0.2, -0.15) is 0 Å². The van der Waals surface area contributed by atoms with Crippen LogP contribution in [0.5, 0.6) is 0 Å². The summed E-state index contributed by atoms with van der Waals surface area (Å²) in [7, 11) is -1.09. The molecule has 0 spiro atoms. The van der Waals surface area contributed by atoms with Gasteiger partial charge in [-0.05, 0) is 27.2 Å². The van der Waals surface area contributed by atoms with Crippen LogP contribution in [0.25, 0.3) is 0 Å². The van der Waals surface area contributed by atoms with Gasteiger partial charge in [0.2, 0.25) is 0 Å². The topological polar surface area (TPSA) is 43.4 Å². The van der Waals surface area contributed by atoms with Crippen LogP contribution in [0.4, 0.5) is 0 Å². The fourth-order valence-electron chi connectivity index (χ4n) is 1.41. The molecule has 2 unspecified atom stereocenters. The highest BCUT2D eigenvalue weighted by Gasteiger charge is 2.30. The standard InChI is InChI=1S/C10H16O3S/c1-4-13-10(11)9-5-7(2)8(3)6-14(9)12/h9H,4-6H2,1-3H3. The van der Waals surface area contributed by atoms with Crippen molar-refractivity contribution in [2.75, 3.05) is 12.4 Å². The van der Waals surface area contributed by atoms with Crippen molar-refractivity contribution in [3.63, 3.8) is 0 Å². The molecule has 14 heavy (non-hydrogen) atoms. The Morgan fingerprint density at radius 3 is 2.71 bits per heavy atom. The van der Waals surface area contributed by atoms with Gasteiger partial charge in [0.25, 0.3) is 0 Å². The third kappa shape index (κ3) is 2.44. The van der Waals surface area contributed by atoms with E-state index in [9.17, 15) is 9.00 Å². The highest BCUT2D eigenvalue weighted by molar-refractivity contribution is 7.86. The second-order valence-corrected chi connectivity index (χ2v) is 5.15. The minimum atomic E-state index is -1.09. The molecule has 0 amide bonds. The Hall–Kier alpha value is -0.640. The minimum absolute atomic E-state index is 0.322. The van der Waals surface area contributed by atoms with Crippen LogP contribution in [0.1, 0.15) is 27.2 Å². The maximum Gasteiger partial charge on any atom is 0.322 e. The molecule has 0 radical (unpaired) electrons. The molecule has 0 saturated heterocycles. The first-order valence-electron chi connectivity index (χ1n) is 4.75. The van der Waals surface area contributed by atoms with E-state index in [-0.39, 0.29) is 5.97 Å². The lowest BCUT2D eigenvalue weighted by Gasteiger charge is -2.22. The van der Waals surface area contributed by atoms with E-state index >= 15 is 0 Å². The van der Waals surface area contributed by atoms with Crippen LogP contribution in [0.3, 0.4) is 0 Å². The summed E-state index contributed by atoms with van der Waals surface area (Å²) < 4.78 is 16.5. The number of esters is 1. The molecule has 0 fully saturated rings. The SMILES string of the molecule is CCOC(=O)C1CC(C)=C(C)CS1=O. The summed E-state index contributed by atoms with van der Waals surface area (Å²) in [5.41, 5.74) is 2.31. The van der Waals surface area contributed by atoms with E-state index in [0.29, 0.717) is 18.8 Å². The maximum absolute atomic E-state index is 11.6. The third-order valence-corrected chi connectivity index (χ3v) is 4.16. The Kier molecular flexibility index (Phi) is 3.86. The number of allylic oxidation sites excluding steroid dienone is 1. The molecule has 0 bridgehead atoms. The summed E-state index contributed by atoms with van der Waals surface area (Å²) in [6, 6.07) is 0. The van der Waals surface area contributed by atoms with Crippen molar-refractivity contribution in [3.05, 3.63) is 11.1 Å². The zero-order chi connectivity index (χ0) is 10.7. The van der Waals surface area contributed by atoms with Crippen molar-refractivity contribution in [1.29, 1.82) is 0 Å². The number of hydrogen-bond acceptors (Lipinski definition) is 3. The molecule has 1 heterocycles. The zero-order valence-electron chi connectivity index (χ0n) is 8.83. The molecule has 4 heteroatoms. The van der Waals surface area contributed by atoms with Crippen LogP contribution >= 0.6 is 0 Å². The summed E-state index contributed by atoms with van der Waals surface area (Å²) in [6.07, 6.45) is 0.581. The highest BCUT2D eigenvalue weighted by atomic mass is 32.2. The van der Waals surface area contributed by atoms with Gasteiger partial charge in [0.05, 0.1) is 6.61 Å². The van der Waals surface area contributed by atoms with E-state index in [0.717, 1.165) is 5.57 Å². The molecule has 0 aromatic heterocycles. The van der Waals surface area contributed by atoms with Crippen LogP contribution in [0, 0.1) is 0 Å². The van der Waals surface area contributed by atoms with E-state index in [1.54, 1.807) is 6.92 Å². The summed E-state index contributed by atoms with van der Waals surface area (Å²) in [5.74, 6) is 0.188. The zero-order valence-corrected chi connectivity index (χ0v) is 9.65. The number of carbonyl (C=O) groups excluding carboxylic acids is 1. The van der Waals surface area contributed by atoms with Gasteiger partial charge in [-0.15, -0.1) is 0 Å². The number of ether oxygens (including phenoxy) is 1. The lowest BCUT2D eigenvalue weighted by molar-refractivity contribution is -0.142. The number of rotatable bonds is 2. The van der Waals surface area contributed by atoms with Gasteiger partial charge in [-0.1, -0.05) is 11.1 Å². The van der Waals surface area contributed by atoms with Crippen LogP contribution in [0.2, 0.25) is 0 Å². The molecule has 0 N–H and O–H groups in total. The average molecular weight is 216 g/mol. The van der Waals surface area contributed by atoms with Crippen molar-refractivity contribution in [2.24, 2.45) is 0 Å². The second kappa shape index (κ2) is 4.73. The molecule has 0 aliphatic carbocycles. The highest BCUT2D eigenvalue weighted by Crippen LogP contribution is 2.23. The molecular weight excluding hydrogens is 200 g/mol. The Labute approximate surface area is 87.0 Å². The van der Waals surface area contributed by atoms with E-state index in [1.807, 2.05) is 13.8 Å². The fourth-order valence-corrected chi connectivity index (χ4v) is 3.00. The average Bonchev–Trinajstić information content (AvgIpc) is 2.11.